The summed E-state index contributed by atoms with van der Waals surface area (Å²) in [5.41, 5.74) is 1.09. The van der Waals surface area contributed by atoms with Crippen LogP contribution in [-0.2, 0) is 6.54 Å². The molecular formula is C14H16N4O2. The normalized spacial score (nSPS) is 15.8. The van der Waals surface area contributed by atoms with Gasteiger partial charge in [-0.05, 0) is 31.0 Å². The summed E-state index contributed by atoms with van der Waals surface area (Å²) in [7, 11) is 0. The van der Waals surface area contributed by atoms with Crippen molar-refractivity contribution >= 4 is 11.7 Å². The molecule has 1 fully saturated rings. The summed E-state index contributed by atoms with van der Waals surface area (Å²) in [5, 5.41) is 16.5. The van der Waals surface area contributed by atoms with Crippen molar-refractivity contribution in [2.45, 2.75) is 19.4 Å². The van der Waals surface area contributed by atoms with Gasteiger partial charge < -0.3 is 10.4 Å². The van der Waals surface area contributed by atoms with Crippen molar-refractivity contribution in [1.82, 2.24) is 14.8 Å². The van der Waals surface area contributed by atoms with E-state index in [0.29, 0.717) is 0 Å². The number of aromatic nitrogens is 3. The van der Waals surface area contributed by atoms with Crippen molar-refractivity contribution < 1.29 is 9.90 Å². The number of hydrogen-bond acceptors (Lipinski definition) is 4. The van der Waals surface area contributed by atoms with Crippen LogP contribution in [0.1, 0.15) is 23.3 Å². The van der Waals surface area contributed by atoms with E-state index in [9.17, 15) is 4.79 Å². The second kappa shape index (κ2) is 4.96. The molecule has 1 saturated carbocycles. The predicted molar refractivity (Wildman–Crippen MR) is 73.6 cm³/mol. The van der Waals surface area contributed by atoms with Gasteiger partial charge in [0.2, 0.25) is 0 Å². The molecule has 104 valence electrons. The lowest BCUT2D eigenvalue weighted by atomic mass is 10.1. The third-order valence-electron chi connectivity index (χ3n) is 3.66. The number of hydrogen-bond donors (Lipinski definition) is 2. The Kier molecular flexibility index (Phi) is 3.14. The molecule has 0 amide bonds. The van der Waals surface area contributed by atoms with Gasteiger partial charge in [0.15, 0.2) is 0 Å². The maximum absolute atomic E-state index is 10.9. The third kappa shape index (κ3) is 2.79. The van der Waals surface area contributed by atoms with Crippen molar-refractivity contribution in [2.24, 2.45) is 5.41 Å². The Hall–Kier alpha value is -2.37. The summed E-state index contributed by atoms with van der Waals surface area (Å²) in [6.45, 7) is 1.71. The van der Waals surface area contributed by atoms with Crippen LogP contribution in [0.4, 0.5) is 5.69 Å². The Labute approximate surface area is 116 Å². The Morgan fingerprint density at radius 1 is 1.45 bits per heavy atom. The fraction of sp³-hybridized carbons (Fsp3) is 0.357. The lowest BCUT2D eigenvalue weighted by Crippen LogP contribution is -2.21. The van der Waals surface area contributed by atoms with E-state index >= 15 is 0 Å². The van der Waals surface area contributed by atoms with Gasteiger partial charge in [0.1, 0.15) is 5.69 Å². The SMILES string of the molecule is O=C(O)c1cc(NCC2(Cn3cccn3)CC2)ccn1. The van der Waals surface area contributed by atoms with Gasteiger partial charge >= 0.3 is 5.97 Å². The average molecular weight is 272 g/mol. The Bertz CT molecular complexity index is 605. The van der Waals surface area contributed by atoms with Crippen LogP contribution in [0.5, 0.6) is 0 Å². The summed E-state index contributed by atoms with van der Waals surface area (Å²) in [6, 6.07) is 5.27. The number of nitrogens with one attached hydrogen (secondary N) is 1. The van der Waals surface area contributed by atoms with Crippen LogP contribution >= 0.6 is 0 Å². The quantitative estimate of drug-likeness (QED) is 0.839. The van der Waals surface area contributed by atoms with Crippen LogP contribution in [0.25, 0.3) is 0 Å². The highest BCUT2D eigenvalue weighted by Gasteiger charge is 2.42. The minimum absolute atomic E-state index is 0.0620. The lowest BCUT2D eigenvalue weighted by molar-refractivity contribution is 0.0690. The molecule has 0 spiro atoms. The summed E-state index contributed by atoms with van der Waals surface area (Å²) in [6.07, 6.45) is 7.59. The molecule has 20 heavy (non-hydrogen) atoms. The van der Waals surface area contributed by atoms with Gasteiger partial charge in [0.25, 0.3) is 0 Å². The summed E-state index contributed by atoms with van der Waals surface area (Å²) >= 11 is 0. The maximum atomic E-state index is 10.9. The molecule has 2 aromatic heterocycles. The van der Waals surface area contributed by atoms with Gasteiger partial charge in [0.05, 0.1) is 0 Å². The summed E-state index contributed by atoms with van der Waals surface area (Å²) < 4.78 is 1.95. The van der Waals surface area contributed by atoms with Crippen LogP contribution in [0.2, 0.25) is 0 Å². The highest BCUT2D eigenvalue weighted by atomic mass is 16.4. The lowest BCUT2D eigenvalue weighted by Gasteiger charge is -2.17. The standard InChI is InChI=1S/C14H16N4O2/c19-13(20)12-8-11(2-6-15-12)16-9-14(3-4-14)10-18-7-1-5-17-18/h1-2,5-8H,3-4,9-10H2,(H,15,16)(H,19,20). The van der Waals surface area contributed by atoms with Crippen LogP contribution in [0.3, 0.4) is 0 Å². The van der Waals surface area contributed by atoms with Gasteiger partial charge in [-0.15, -0.1) is 0 Å². The fourth-order valence-corrected chi connectivity index (χ4v) is 2.25. The molecule has 0 aliphatic heterocycles. The average Bonchev–Trinajstić information content (AvgIpc) is 3.01. The van der Waals surface area contributed by atoms with Crippen LogP contribution < -0.4 is 5.32 Å². The first kappa shape index (κ1) is 12.7. The van der Waals surface area contributed by atoms with E-state index in [4.69, 9.17) is 5.11 Å². The smallest absolute Gasteiger partial charge is 0.354 e. The topological polar surface area (TPSA) is 80.0 Å². The molecule has 0 radical (unpaired) electrons. The number of carbonyl (C=O) groups is 1. The third-order valence-corrected chi connectivity index (χ3v) is 3.66. The number of anilines is 1. The number of nitrogens with zero attached hydrogens (tertiary/aromatic N) is 3. The monoisotopic (exact) mass is 272 g/mol. The van der Waals surface area contributed by atoms with E-state index in [1.807, 2.05) is 16.9 Å². The molecule has 6 heteroatoms. The van der Waals surface area contributed by atoms with Crippen molar-refractivity contribution in [3.05, 3.63) is 42.5 Å². The molecule has 1 aliphatic carbocycles. The van der Waals surface area contributed by atoms with Gasteiger partial charge in [-0.25, -0.2) is 9.78 Å². The minimum Gasteiger partial charge on any atom is -0.477 e. The molecule has 0 unspecified atom stereocenters. The second-order valence-electron chi connectivity index (χ2n) is 5.29. The van der Waals surface area contributed by atoms with Crippen molar-refractivity contribution in [1.29, 1.82) is 0 Å². The Balaban J connectivity index is 1.62. The van der Waals surface area contributed by atoms with E-state index in [-0.39, 0.29) is 11.1 Å². The molecule has 1 aliphatic rings. The molecule has 6 nitrogen and oxygen atoms in total. The number of carboxylic acid groups (broad SMARTS) is 1. The number of rotatable bonds is 6. The zero-order valence-corrected chi connectivity index (χ0v) is 11.0. The molecule has 0 bridgehead atoms. The van der Waals surface area contributed by atoms with Crippen molar-refractivity contribution in [3.8, 4) is 0 Å². The van der Waals surface area contributed by atoms with Crippen molar-refractivity contribution in [2.75, 3.05) is 11.9 Å². The zero-order chi connectivity index (χ0) is 14.0. The summed E-state index contributed by atoms with van der Waals surface area (Å²) in [4.78, 5) is 14.7. The van der Waals surface area contributed by atoms with E-state index in [1.165, 1.54) is 6.20 Å². The van der Waals surface area contributed by atoms with E-state index < -0.39 is 5.97 Å². The van der Waals surface area contributed by atoms with Crippen LogP contribution in [0.15, 0.2) is 36.8 Å². The van der Waals surface area contributed by atoms with Crippen LogP contribution in [-0.4, -0.2) is 32.4 Å². The molecule has 2 heterocycles. The number of aromatic carboxylic acids is 1. The molecule has 3 rings (SSSR count). The fourth-order valence-electron chi connectivity index (χ4n) is 2.25. The van der Waals surface area contributed by atoms with E-state index in [1.54, 1.807) is 18.3 Å². The predicted octanol–water partition coefficient (Wildman–Crippen LogP) is 1.87. The molecule has 0 aromatic carbocycles. The molecule has 0 saturated heterocycles. The van der Waals surface area contributed by atoms with Crippen LogP contribution in [0, 0.1) is 5.41 Å². The van der Waals surface area contributed by atoms with E-state index in [0.717, 1.165) is 31.6 Å². The van der Waals surface area contributed by atoms with Gasteiger partial charge in [-0.2, -0.15) is 5.10 Å². The molecule has 0 atom stereocenters. The first-order chi connectivity index (χ1) is 9.67. The van der Waals surface area contributed by atoms with E-state index in [2.05, 4.69) is 15.4 Å². The highest BCUT2D eigenvalue weighted by molar-refractivity contribution is 5.86. The summed E-state index contributed by atoms with van der Waals surface area (Å²) in [5.74, 6) is -1.01. The van der Waals surface area contributed by atoms with Gasteiger partial charge in [-0.3, -0.25) is 4.68 Å². The molecule has 2 aromatic rings. The zero-order valence-electron chi connectivity index (χ0n) is 11.0. The Morgan fingerprint density at radius 2 is 2.30 bits per heavy atom. The van der Waals surface area contributed by atoms with Gasteiger partial charge in [0, 0.05) is 42.8 Å². The highest BCUT2D eigenvalue weighted by Crippen LogP contribution is 2.46. The first-order valence-electron chi connectivity index (χ1n) is 6.58. The Morgan fingerprint density at radius 3 is 2.95 bits per heavy atom. The molecular weight excluding hydrogens is 256 g/mol. The molecule has 2 N–H and O–H groups in total. The second-order valence-corrected chi connectivity index (χ2v) is 5.29. The minimum atomic E-state index is -1.01. The number of pyridine rings is 1. The first-order valence-corrected chi connectivity index (χ1v) is 6.58. The van der Waals surface area contributed by atoms with Gasteiger partial charge in [-0.1, -0.05) is 0 Å². The number of carboxylic acids is 1. The van der Waals surface area contributed by atoms with Crippen molar-refractivity contribution in [3.63, 3.8) is 0 Å². The maximum Gasteiger partial charge on any atom is 0.354 e. The largest absolute Gasteiger partial charge is 0.477 e.